The van der Waals surface area contributed by atoms with E-state index in [2.05, 4.69) is 28.2 Å². The molecule has 1 fully saturated rings. The van der Waals surface area contributed by atoms with Gasteiger partial charge in [-0.1, -0.05) is 13.0 Å². The zero-order chi connectivity index (χ0) is 22.9. The van der Waals surface area contributed by atoms with Crippen LogP contribution in [0.15, 0.2) is 42.9 Å². The Labute approximate surface area is 192 Å². The minimum Gasteiger partial charge on any atom is -0.497 e. The fourth-order valence-electron chi connectivity index (χ4n) is 4.69. The Kier molecular flexibility index (Phi) is 5.53. The highest BCUT2D eigenvalue weighted by molar-refractivity contribution is 5.98. The average Bonchev–Trinajstić information content (AvgIpc) is 3.59. The van der Waals surface area contributed by atoms with Crippen LogP contribution in [0, 0.1) is 11.8 Å². The number of nitrogens with zero attached hydrogens (tertiary/aromatic N) is 6. The number of hydrogen-bond donors (Lipinski definition) is 0. The summed E-state index contributed by atoms with van der Waals surface area (Å²) >= 11 is 0. The van der Waals surface area contributed by atoms with Crippen LogP contribution in [0.1, 0.15) is 35.1 Å². The lowest BCUT2D eigenvalue weighted by molar-refractivity contribution is 0.0784. The molecule has 0 spiro atoms. The number of aryl methyl sites for hydroxylation is 1. The quantitative estimate of drug-likeness (QED) is 0.575. The summed E-state index contributed by atoms with van der Waals surface area (Å²) in [5.41, 5.74) is 4.09. The molecule has 1 aromatic carbocycles. The lowest BCUT2D eigenvalue weighted by atomic mass is 9.99. The first-order valence-corrected chi connectivity index (χ1v) is 11.1. The molecule has 2 aromatic heterocycles. The van der Waals surface area contributed by atoms with Crippen molar-refractivity contribution in [2.45, 2.75) is 19.8 Å². The smallest absolute Gasteiger partial charge is 0.256 e. The SMILES string of the molecule is CCc1cnc(OC)c(C2=CC3CN(C(=O)c4ccc(OC)cc4-n4nccn4)CC3C2)n1. The molecule has 0 bridgehead atoms. The average molecular weight is 447 g/mol. The highest BCUT2D eigenvalue weighted by Gasteiger charge is 2.40. The van der Waals surface area contributed by atoms with Gasteiger partial charge in [0.1, 0.15) is 17.1 Å². The number of fused-ring (bicyclic) bond motifs is 1. The van der Waals surface area contributed by atoms with Crippen LogP contribution >= 0.6 is 0 Å². The molecule has 170 valence electrons. The standard InChI is InChI=1S/C24H26N6O3/c1-4-18-12-25-23(33-3)22(28-18)15-9-16-13-29(14-17(16)10-15)24(31)20-6-5-19(32-2)11-21(20)30-26-7-8-27-30/h5-9,11-12,16-17H,4,10,13-14H2,1-3H3. The number of allylic oxidation sites excluding steroid dienone is 1. The summed E-state index contributed by atoms with van der Waals surface area (Å²) in [6.45, 7) is 3.41. The van der Waals surface area contributed by atoms with Gasteiger partial charge < -0.3 is 14.4 Å². The molecule has 3 heterocycles. The number of likely N-dealkylation sites (tertiary alicyclic amines) is 1. The lowest BCUT2D eigenvalue weighted by Gasteiger charge is -2.19. The molecule has 2 atom stereocenters. The monoisotopic (exact) mass is 446 g/mol. The zero-order valence-corrected chi connectivity index (χ0v) is 18.9. The van der Waals surface area contributed by atoms with Crippen LogP contribution in [0.25, 0.3) is 11.3 Å². The second-order valence-electron chi connectivity index (χ2n) is 8.30. The number of carbonyl (C=O) groups excluding carboxylic acids is 1. The van der Waals surface area contributed by atoms with Gasteiger partial charge in [-0.05, 0) is 42.4 Å². The predicted molar refractivity (Wildman–Crippen MR) is 121 cm³/mol. The Morgan fingerprint density at radius 3 is 2.67 bits per heavy atom. The molecule has 2 aliphatic rings. The number of hydrogen-bond acceptors (Lipinski definition) is 7. The van der Waals surface area contributed by atoms with E-state index in [0.717, 1.165) is 29.8 Å². The van der Waals surface area contributed by atoms with Gasteiger partial charge in [0, 0.05) is 19.2 Å². The molecular weight excluding hydrogens is 420 g/mol. The van der Waals surface area contributed by atoms with E-state index in [4.69, 9.17) is 14.5 Å². The Morgan fingerprint density at radius 1 is 1.15 bits per heavy atom. The number of ether oxygens (including phenoxy) is 2. The summed E-state index contributed by atoms with van der Waals surface area (Å²) < 4.78 is 10.8. The van der Waals surface area contributed by atoms with Crippen LogP contribution in [0.2, 0.25) is 0 Å². The van der Waals surface area contributed by atoms with Gasteiger partial charge in [0.25, 0.3) is 5.91 Å². The van der Waals surface area contributed by atoms with E-state index in [-0.39, 0.29) is 11.8 Å². The minimum absolute atomic E-state index is 0.0281. The van der Waals surface area contributed by atoms with Gasteiger partial charge in [0.05, 0.1) is 44.1 Å². The third-order valence-electron chi connectivity index (χ3n) is 6.39. The number of methoxy groups -OCH3 is 2. The van der Waals surface area contributed by atoms with Crippen LogP contribution < -0.4 is 9.47 Å². The molecule has 2 unspecified atom stereocenters. The van der Waals surface area contributed by atoms with Gasteiger partial charge in [-0.15, -0.1) is 0 Å². The minimum atomic E-state index is -0.0281. The summed E-state index contributed by atoms with van der Waals surface area (Å²) in [7, 11) is 3.22. The summed E-state index contributed by atoms with van der Waals surface area (Å²) in [6, 6.07) is 5.36. The molecule has 1 saturated heterocycles. The lowest BCUT2D eigenvalue weighted by Crippen LogP contribution is -2.30. The number of carbonyl (C=O) groups is 1. The van der Waals surface area contributed by atoms with Crippen molar-refractivity contribution >= 4 is 11.5 Å². The molecule has 3 aromatic rings. The second-order valence-corrected chi connectivity index (χ2v) is 8.30. The molecule has 33 heavy (non-hydrogen) atoms. The maximum Gasteiger partial charge on any atom is 0.256 e. The first-order chi connectivity index (χ1) is 16.1. The number of rotatable bonds is 6. The van der Waals surface area contributed by atoms with Crippen molar-refractivity contribution in [2.75, 3.05) is 27.3 Å². The highest BCUT2D eigenvalue weighted by atomic mass is 16.5. The summed E-state index contributed by atoms with van der Waals surface area (Å²) in [4.78, 5) is 26.0. The molecule has 1 amide bonds. The van der Waals surface area contributed by atoms with Crippen molar-refractivity contribution in [3.05, 3.63) is 59.8 Å². The maximum atomic E-state index is 13.5. The van der Waals surface area contributed by atoms with Crippen molar-refractivity contribution in [1.82, 2.24) is 29.9 Å². The Balaban J connectivity index is 1.39. The van der Waals surface area contributed by atoms with E-state index in [1.807, 2.05) is 4.90 Å². The summed E-state index contributed by atoms with van der Waals surface area (Å²) in [5.74, 6) is 1.81. The van der Waals surface area contributed by atoms with Gasteiger partial charge in [-0.2, -0.15) is 15.0 Å². The molecule has 0 N–H and O–H groups in total. The first kappa shape index (κ1) is 21.1. The Hall–Kier alpha value is -3.75. The zero-order valence-electron chi connectivity index (χ0n) is 18.9. The van der Waals surface area contributed by atoms with E-state index in [0.29, 0.717) is 41.9 Å². The van der Waals surface area contributed by atoms with Gasteiger partial charge in [-0.25, -0.2) is 9.97 Å². The van der Waals surface area contributed by atoms with Crippen molar-refractivity contribution in [2.24, 2.45) is 11.8 Å². The predicted octanol–water partition coefficient (Wildman–Crippen LogP) is 2.81. The topological polar surface area (TPSA) is 95.3 Å². The van der Waals surface area contributed by atoms with E-state index in [1.54, 1.807) is 51.0 Å². The summed E-state index contributed by atoms with van der Waals surface area (Å²) in [6.07, 6.45) is 8.86. The molecule has 9 heteroatoms. The molecule has 9 nitrogen and oxygen atoms in total. The summed E-state index contributed by atoms with van der Waals surface area (Å²) in [5, 5.41) is 8.42. The fraction of sp³-hybridized carbons (Fsp3) is 0.375. The van der Waals surface area contributed by atoms with E-state index in [1.165, 1.54) is 4.80 Å². The van der Waals surface area contributed by atoms with Gasteiger partial charge in [0.2, 0.25) is 5.88 Å². The Morgan fingerprint density at radius 2 is 1.97 bits per heavy atom. The van der Waals surface area contributed by atoms with Crippen molar-refractivity contribution in [3.63, 3.8) is 0 Å². The largest absolute Gasteiger partial charge is 0.497 e. The maximum absolute atomic E-state index is 13.5. The third kappa shape index (κ3) is 3.83. The second kappa shape index (κ2) is 8.65. The van der Waals surface area contributed by atoms with Crippen LogP contribution in [-0.2, 0) is 6.42 Å². The number of benzene rings is 1. The molecular formula is C24H26N6O3. The van der Waals surface area contributed by atoms with Gasteiger partial charge >= 0.3 is 0 Å². The number of aromatic nitrogens is 5. The van der Waals surface area contributed by atoms with E-state index < -0.39 is 0 Å². The fourth-order valence-corrected chi connectivity index (χ4v) is 4.69. The molecule has 0 radical (unpaired) electrons. The van der Waals surface area contributed by atoms with Crippen LogP contribution in [0.4, 0.5) is 0 Å². The van der Waals surface area contributed by atoms with Crippen molar-refractivity contribution in [1.29, 1.82) is 0 Å². The third-order valence-corrected chi connectivity index (χ3v) is 6.39. The van der Waals surface area contributed by atoms with Gasteiger partial charge in [-0.3, -0.25) is 4.79 Å². The van der Waals surface area contributed by atoms with Crippen molar-refractivity contribution in [3.8, 4) is 17.3 Å². The highest BCUT2D eigenvalue weighted by Crippen LogP contribution is 2.42. The van der Waals surface area contributed by atoms with Crippen LogP contribution in [0.3, 0.4) is 0 Å². The molecule has 1 aliphatic heterocycles. The first-order valence-electron chi connectivity index (χ1n) is 11.1. The van der Waals surface area contributed by atoms with E-state index >= 15 is 0 Å². The normalized spacial score (nSPS) is 19.4. The molecule has 1 aliphatic carbocycles. The van der Waals surface area contributed by atoms with Gasteiger partial charge in [0.15, 0.2) is 0 Å². The van der Waals surface area contributed by atoms with Crippen LogP contribution in [0.5, 0.6) is 11.6 Å². The molecule has 5 rings (SSSR count). The van der Waals surface area contributed by atoms with Crippen molar-refractivity contribution < 1.29 is 14.3 Å². The molecule has 0 saturated carbocycles. The Bertz CT molecular complexity index is 1210. The van der Waals surface area contributed by atoms with E-state index in [9.17, 15) is 4.79 Å². The number of amides is 1. The van der Waals surface area contributed by atoms with Crippen LogP contribution in [-0.4, -0.2) is 63.1 Å².